The second kappa shape index (κ2) is 9.99. The van der Waals surface area contributed by atoms with Crippen molar-refractivity contribution in [3.63, 3.8) is 0 Å². The molecule has 25 heavy (non-hydrogen) atoms. The summed E-state index contributed by atoms with van der Waals surface area (Å²) in [6.45, 7) is 2.08. The SMILES string of the molecule is Cc1ccc(CCCC(=O)NC(CCC(=O)O)Cc2ccccc2)s1. The van der Waals surface area contributed by atoms with Gasteiger partial charge in [0.2, 0.25) is 5.91 Å². The Balaban J connectivity index is 1.81. The van der Waals surface area contributed by atoms with Gasteiger partial charge in [-0.25, -0.2) is 0 Å². The van der Waals surface area contributed by atoms with E-state index in [0.717, 1.165) is 18.4 Å². The standard InChI is InChI=1S/C20H25NO3S/c1-15-10-12-18(25-15)8-5-9-19(22)21-17(11-13-20(23)24)14-16-6-3-2-4-7-16/h2-4,6-7,10,12,17H,5,8-9,11,13-14H2,1H3,(H,21,22)(H,23,24). The Bertz CT molecular complexity index is 681. The molecule has 5 heteroatoms. The first-order valence-corrected chi connectivity index (χ1v) is 9.45. The Kier molecular flexibility index (Phi) is 7.67. The van der Waals surface area contributed by atoms with Crippen LogP contribution < -0.4 is 5.32 Å². The molecule has 0 saturated heterocycles. The first-order valence-electron chi connectivity index (χ1n) is 8.63. The third-order valence-electron chi connectivity index (χ3n) is 4.02. The maximum Gasteiger partial charge on any atom is 0.303 e. The smallest absolute Gasteiger partial charge is 0.303 e. The number of carboxylic acids is 1. The Morgan fingerprint density at radius 3 is 2.52 bits per heavy atom. The second-order valence-corrected chi connectivity index (χ2v) is 7.62. The highest BCUT2D eigenvalue weighted by atomic mass is 32.1. The molecule has 134 valence electrons. The molecule has 0 aliphatic heterocycles. The Morgan fingerprint density at radius 2 is 1.88 bits per heavy atom. The van der Waals surface area contributed by atoms with Crippen LogP contribution in [-0.4, -0.2) is 23.0 Å². The third-order valence-corrected chi connectivity index (χ3v) is 5.08. The van der Waals surface area contributed by atoms with Crippen molar-refractivity contribution in [3.05, 3.63) is 57.8 Å². The molecule has 1 unspecified atom stereocenters. The van der Waals surface area contributed by atoms with Crippen LogP contribution in [0.15, 0.2) is 42.5 Å². The summed E-state index contributed by atoms with van der Waals surface area (Å²) >= 11 is 1.77. The molecule has 1 aromatic carbocycles. The summed E-state index contributed by atoms with van der Waals surface area (Å²) in [4.78, 5) is 25.7. The number of thiophene rings is 1. The number of aliphatic carboxylic acids is 1. The lowest BCUT2D eigenvalue weighted by Gasteiger charge is -2.18. The predicted octanol–water partition coefficient (Wildman–Crippen LogP) is 3.97. The number of aryl methyl sites for hydroxylation is 2. The van der Waals surface area contributed by atoms with Crippen molar-refractivity contribution in [1.29, 1.82) is 0 Å². The summed E-state index contributed by atoms with van der Waals surface area (Å²) in [7, 11) is 0. The largest absolute Gasteiger partial charge is 0.481 e. The zero-order valence-corrected chi connectivity index (χ0v) is 15.3. The molecule has 0 radical (unpaired) electrons. The first kappa shape index (κ1) is 19.2. The van der Waals surface area contributed by atoms with Crippen molar-refractivity contribution >= 4 is 23.2 Å². The lowest BCUT2D eigenvalue weighted by Crippen LogP contribution is -2.36. The fourth-order valence-electron chi connectivity index (χ4n) is 2.76. The van der Waals surface area contributed by atoms with Crippen molar-refractivity contribution in [2.75, 3.05) is 0 Å². The lowest BCUT2D eigenvalue weighted by atomic mass is 10.0. The fraction of sp³-hybridized carbons (Fsp3) is 0.400. The summed E-state index contributed by atoms with van der Waals surface area (Å²) < 4.78 is 0. The highest BCUT2D eigenvalue weighted by molar-refractivity contribution is 7.11. The van der Waals surface area contributed by atoms with E-state index in [-0.39, 0.29) is 18.4 Å². The Labute approximate surface area is 152 Å². The number of carboxylic acid groups (broad SMARTS) is 1. The van der Waals surface area contributed by atoms with Gasteiger partial charge in [0.1, 0.15) is 0 Å². The van der Waals surface area contributed by atoms with Crippen LogP contribution in [0.5, 0.6) is 0 Å². The van der Waals surface area contributed by atoms with Gasteiger partial charge in [-0.1, -0.05) is 30.3 Å². The monoisotopic (exact) mass is 359 g/mol. The number of carbonyl (C=O) groups is 2. The van der Waals surface area contributed by atoms with Gasteiger partial charge in [0.25, 0.3) is 0 Å². The van der Waals surface area contributed by atoms with E-state index < -0.39 is 5.97 Å². The molecule has 0 saturated carbocycles. The van der Waals surface area contributed by atoms with Crippen LogP contribution in [0.2, 0.25) is 0 Å². The summed E-state index contributed by atoms with van der Waals surface area (Å²) in [6, 6.07) is 13.9. The molecule has 0 bridgehead atoms. The van der Waals surface area contributed by atoms with E-state index in [2.05, 4.69) is 24.4 Å². The minimum Gasteiger partial charge on any atom is -0.481 e. The molecule has 0 fully saturated rings. The van der Waals surface area contributed by atoms with Gasteiger partial charge < -0.3 is 10.4 Å². The molecule has 1 amide bonds. The number of rotatable bonds is 10. The maximum atomic E-state index is 12.2. The highest BCUT2D eigenvalue weighted by Gasteiger charge is 2.14. The van der Waals surface area contributed by atoms with Gasteiger partial charge in [-0.05, 0) is 50.3 Å². The summed E-state index contributed by atoms with van der Waals surface area (Å²) in [6.07, 6.45) is 3.35. The average Bonchev–Trinajstić information content (AvgIpc) is 2.99. The van der Waals surface area contributed by atoms with Crippen LogP contribution in [-0.2, 0) is 22.4 Å². The highest BCUT2D eigenvalue weighted by Crippen LogP contribution is 2.17. The lowest BCUT2D eigenvalue weighted by molar-refractivity contribution is -0.137. The minimum atomic E-state index is -0.833. The van der Waals surface area contributed by atoms with Crippen LogP contribution >= 0.6 is 11.3 Å². The van der Waals surface area contributed by atoms with Gasteiger partial charge in [-0.2, -0.15) is 0 Å². The van der Waals surface area contributed by atoms with Gasteiger partial charge in [0, 0.05) is 28.6 Å². The number of benzene rings is 1. The first-order chi connectivity index (χ1) is 12.0. The Morgan fingerprint density at radius 1 is 1.12 bits per heavy atom. The molecule has 0 aliphatic carbocycles. The quantitative estimate of drug-likeness (QED) is 0.674. The molecular weight excluding hydrogens is 334 g/mol. The van der Waals surface area contributed by atoms with Crippen LogP contribution in [0, 0.1) is 6.92 Å². The molecule has 1 aromatic heterocycles. The van der Waals surface area contributed by atoms with Crippen molar-refractivity contribution in [2.45, 2.75) is 51.5 Å². The molecule has 1 atom stereocenters. The molecule has 2 N–H and O–H groups in total. The van der Waals surface area contributed by atoms with Gasteiger partial charge in [0.15, 0.2) is 0 Å². The van der Waals surface area contributed by atoms with E-state index in [1.165, 1.54) is 9.75 Å². The second-order valence-electron chi connectivity index (χ2n) is 6.25. The number of amides is 1. The molecule has 0 spiro atoms. The topological polar surface area (TPSA) is 66.4 Å². The number of hydrogen-bond acceptors (Lipinski definition) is 3. The van der Waals surface area contributed by atoms with E-state index >= 15 is 0 Å². The van der Waals surface area contributed by atoms with Crippen molar-refractivity contribution in [1.82, 2.24) is 5.32 Å². The molecule has 1 heterocycles. The number of hydrogen-bond donors (Lipinski definition) is 2. The predicted molar refractivity (Wildman–Crippen MR) is 101 cm³/mol. The zero-order valence-electron chi connectivity index (χ0n) is 14.5. The van der Waals surface area contributed by atoms with Gasteiger partial charge in [0.05, 0.1) is 0 Å². The van der Waals surface area contributed by atoms with E-state index in [0.29, 0.717) is 19.3 Å². The van der Waals surface area contributed by atoms with Crippen molar-refractivity contribution in [3.8, 4) is 0 Å². The maximum absolute atomic E-state index is 12.2. The van der Waals surface area contributed by atoms with E-state index in [1.807, 2.05) is 30.3 Å². The molecular formula is C20H25NO3S. The average molecular weight is 359 g/mol. The van der Waals surface area contributed by atoms with Crippen LogP contribution in [0.3, 0.4) is 0 Å². The summed E-state index contributed by atoms with van der Waals surface area (Å²) in [5.41, 5.74) is 1.10. The van der Waals surface area contributed by atoms with Crippen LogP contribution in [0.1, 0.15) is 41.0 Å². The fourth-order valence-corrected chi connectivity index (χ4v) is 3.70. The zero-order chi connectivity index (χ0) is 18.1. The van der Waals surface area contributed by atoms with Crippen LogP contribution in [0.4, 0.5) is 0 Å². The Hall–Kier alpha value is -2.14. The van der Waals surface area contributed by atoms with E-state index in [4.69, 9.17) is 5.11 Å². The summed E-state index contributed by atoms with van der Waals surface area (Å²) in [5.74, 6) is -0.833. The molecule has 2 aromatic rings. The third kappa shape index (κ3) is 7.52. The number of nitrogens with one attached hydrogen (secondary N) is 1. The minimum absolute atomic E-state index is 0.000372. The van der Waals surface area contributed by atoms with Gasteiger partial charge in [-0.3, -0.25) is 9.59 Å². The molecule has 4 nitrogen and oxygen atoms in total. The van der Waals surface area contributed by atoms with Gasteiger partial charge >= 0.3 is 5.97 Å². The van der Waals surface area contributed by atoms with Crippen molar-refractivity contribution in [2.24, 2.45) is 0 Å². The van der Waals surface area contributed by atoms with E-state index in [1.54, 1.807) is 11.3 Å². The van der Waals surface area contributed by atoms with Crippen molar-refractivity contribution < 1.29 is 14.7 Å². The van der Waals surface area contributed by atoms with Crippen LogP contribution in [0.25, 0.3) is 0 Å². The summed E-state index contributed by atoms with van der Waals surface area (Å²) in [5, 5.41) is 11.9. The van der Waals surface area contributed by atoms with Gasteiger partial charge in [-0.15, -0.1) is 11.3 Å². The van der Waals surface area contributed by atoms with E-state index in [9.17, 15) is 9.59 Å². The number of carbonyl (C=O) groups excluding carboxylic acids is 1. The molecule has 0 aliphatic rings. The molecule has 2 rings (SSSR count). The normalized spacial score (nSPS) is 11.9.